The fourth-order valence-electron chi connectivity index (χ4n) is 5.52. The van der Waals surface area contributed by atoms with Crippen molar-refractivity contribution in [3.63, 3.8) is 0 Å². The molecule has 0 bridgehead atoms. The van der Waals surface area contributed by atoms with E-state index in [1.807, 2.05) is 33.8 Å². The van der Waals surface area contributed by atoms with Crippen molar-refractivity contribution in [2.75, 3.05) is 21.1 Å². The first-order valence-corrected chi connectivity index (χ1v) is 18.2. The highest BCUT2D eigenvalue weighted by atomic mass is 32.2. The van der Waals surface area contributed by atoms with Gasteiger partial charge in [0.2, 0.25) is 30.1 Å². The van der Waals surface area contributed by atoms with Crippen LogP contribution < -0.4 is 9.86 Å². The molecule has 42 heavy (non-hydrogen) atoms. The van der Waals surface area contributed by atoms with E-state index in [0.717, 1.165) is 11.1 Å². The molecule has 0 saturated heterocycles. The van der Waals surface area contributed by atoms with E-state index in [1.54, 1.807) is 26.0 Å². The van der Waals surface area contributed by atoms with Crippen LogP contribution in [0.2, 0.25) is 0 Å². The molecule has 230 valence electrons. The van der Waals surface area contributed by atoms with Crippen LogP contribution in [0.5, 0.6) is 0 Å². The smallest absolute Gasteiger partial charge is 0.225 e. The Morgan fingerprint density at radius 2 is 1.05 bits per heavy atom. The minimum atomic E-state index is -4.09. The maximum Gasteiger partial charge on any atom is 0.243 e. The van der Waals surface area contributed by atoms with Gasteiger partial charge in [-0.05, 0) is 116 Å². The highest BCUT2D eigenvalue weighted by molar-refractivity contribution is 7.90. The van der Waals surface area contributed by atoms with Crippen LogP contribution in [0.25, 0.3) is 22.3 Å². The maximum atomic E-state index is 14.4. The van der Waals surface area contributed by atoms with E-state index in [-0.39, 0.29) is 14.7 Å². The fourth-order valence-corrected chi connectivity index (χ4v) is 8.41. The molecule has 0 atom stereocenters. The summed E-state index contributed by atoms with van der Waals surface area (Å²) < 4.78 is 82.3. The van der Waals surface area contributed by atoms with E-state index in [0.29, 0.717) is 63.8 Å². The Labute approximate surface area is 251 Å². The van der Waals surface area contributed by atoms with Crippen molar-refractivity contribution < 1.29 is 25.3 Å². The Bertz CT molecular complexity index is 1880. The second-order valence-corrected chi connectivity index (χ2v) is 16.1. The lowest BCUT2D eigenvalue weighted by atomic mass is 9.83. The second kappa shape index (κ2) is 12.2. The molecular weight excluding hydrogens is 595 g/mol. The van der Waals surface area contributed by atoms with Crippen LogP contribution in [0.3, 0.4) is 0 Å². The first-order chi connectivity index (χ1) is 19.4. The van der Waals surface area contributed by atoms with Gasteiger partial charge < -0.3 is 0 Å². The van der Waals surface area contributed by atoms with E-state index in [1.165, 1.54) is 37.6 Å². The van der Waals surface area contributed by atoms with Gasteiger partial charge in [0.25, 0.3) is 0 Å². The lowest BCUT2D eigenvalue weighted by Crippen LogP contribution is -2.25. The van der Waals surface area contributed by atoms with Gasteiger partial charge in [-0.25, -0.2) is 39.4 Å². The van der Waals surface area contributed by atoms with Gasteiger partial charge in [0.15, 0.2) is 0 Å². The molecular formula is C30H41N3O6S3. The normalized spacial score (nSPS) is 12.7. The zero-order valence-corrected chi connectivity index (χ0v) is 28.2. The van der Waals surface area contributed by atoms with Crippen molar-refractivity contribution in [3.8, 4) is 22.3 Å². The number of benzene rings is 3. The quantitative estimate of drug-likeness (QED) is 0.337. The Morgan fingerprint density at radius 1 is 0.643 bits per heavy atom. The molecule has 0 aromatic heterocycles. The molecule has 0 spiro atoms. The molecule has 3 aromatic carbocycles. The van der Waals surface area contributed by atoms with Crippen LogP contribution in [0.1, 0.15) is 54.2 Å². The molecule has 0 amide bonds. The molecule has 9 nitrogen and oxygen atoms in total. The van der Waals surface area contributed by atoms with Crippen molar-refractivity contribution in [1.82, 2.24) is 9.03 Å². The summed E-state index contributed by atoms with van der Waals surface area (Å²) in [7, 11) is -7.53. The summed E-state index contributed by atoms with van der Waals surface area (Å²) in [6, 6.07) is 8.13. The van der Waals surface area contributed by atoms with Gasteiger partial charge in [-0.3, -0.25) is 0 Å². The van der Waals surface area contributed by atoms with Gasteiger partial charge >= 0.3 is 0 Å². The van der Waals surface area contributed by atoms with Gasteiger partial charge in [-0.15, -0.1) is 0 Å². The van der Waals surface area contributed by atoms with Crippen LogP contribution in [0, 0.1) is 20.8 Å². The van der Waals surface area contributed by atoms with Crippen LogP contribution in [0.15, 0.2) is 45.0 Å². The van der Waals surface area contributed by atoms with E-state index in [9.17, 15) is 25.3 Å². The summed E-state index contributed by atoms with van der Waals surface area (Å²) in [5.41, 5.74) is 6.38. The number of rotatable bonds is 10. The topological polar surface area (TPSA) is 144 Å². The first kappa shape index (κ1) is 33.9. The molecule has 0 aliphatic heterocycles. The third-order valence-electron chi connectivity index (χ3n) is 7.63. The van der Waals surface area contributed by atoms with E-state index < -0.39 is 30.1 Å². The monoisotopic (exact) mass is 635 g/mol. The van der Waals surface area contributed by atoms with E-state index in [4.69, 9.17) is 5.14 Å². The second-order valence-electron chi connectivity index (χ2n) is 10.6. The average molecular weight is 636 g/mol. The molecule has 3 N–H and O–H groups in total. The average Bonchev–Trinajstić information content (AvgIpc) is 2.91. The molecule has 0 aliphatic carbocycles. The van der Waals surface area contributed by atoms with Gasteiger partial charge in [0.1, 0.15) is 0 Å². The summed E-state index contributed by atoms with van der Waals surface area (Å²) in [6.07, 6.45) is 1.41. The molecule has 3 rings (SSSR count). The van der Waals surface area contributed by atoms with Crippen molar-refractivity contribution in [2.24, 2.45) is 5.14 Å². The predicted octanol–water partition coefficient (Wildman–Crippen LogP) is 4.44. The Hall–Kier alpha value is -2.61. The summed E-state index contributed by atoms with van der Waals surface area (Å²) >= 11 is 0. The summed E-state index contributed by atoms with van der Waals surface area (Å²) in [5.74, 6) is 0. The lowest BCUT2D eigenvalue weighted by Gasteiger charge is -2.27. The van der Waals surface area contributed by atoms with Crippen LogP contribution in [0.4, 0.5) is 0 Å². The van der Waals surface area contributed by atoms with Gasteiger partial charge in [0, 0.05) is 25.2 Å². The van der Waals surface area contributed by atoms with Crippen molar-refractivity contribution in [2.45, 2.75) is 75.5 Å². The summed E-state index contributed by atoms with van der Waals surface area (Å²) in [5, 5.41) is 5.47. The molecule has 0 heterocycles. The number of nitrogens with two attached hydrogens (primary N) is 1. The molecule has 0 aliphatic rings. The number of hydrogen-bond acceptors (Lipinski definition) is 6. The summed E-state index contributed by atoms with van der Waals surface area (Å²) in [4.78, 5) is 0.173. The fraction of sp³-hybridized carbons (Fsp3) is 0.400. The zero-order valence-electron chi connectivity index (χ0n) is 25.7. The SMILES string of the molecule is CCc1cc(S(N)(=O)=O)cc(C)c1-c1c(C)cc(CC)c(-c2c(C)cc(S(=O)(=O)NC)cc2CC)c1S(=O)(=O)N(C)C. The predicted molar refractivity (Wildman–Crippen MR) is 168 cm³/mol. The molecule has 3 aromatic rings. The Morgan fingerprint density at radius 3 is 1.48 bits per heavy atom. The summed E-state index contributed by atoms with van der Waals surface area (Å²) in [6.45, 7) is 11.1. The third kappa shape index (κ3) is 6.06. The highest BCUT2D eigenvalue weighted by Gasteiger charge is 2.33. The lowest BCUT2D eigenvalue weighted by molar-refractivity contribution is 0.521. The van der Waals surface area contributed by atoms with E-state index >= 15 is 0 Å². The molecule has 0 unspecified atom stereocenters. The molecule has 0 fully saturated rings. The number of primary sulfonamides is 1. The van der Waals surface area contributed by atoms with E-state index in [2.05, 4.69) is 4.72 Å². The largest absolute Gasteiger partial charge is 0.243 e. The number of sulfonamides is 3. The molecule has 12 heteroatoms. The zero-order chi connectivity index (χ0) is 31.9. The van der Waals surface area contributed by atoms with Crippen LogP contribution in [-0.2, 0) is 49.3 Å². The number of nitrogens with zero attached hydrogens (tertiary/aromatic N) is 1. The van der Waals surface area contributed by atoms with Crippen molar-refractivity contribution in [3.05, 3.63) is 63.7 Å². The number of aryl methyl sites for hydroxylation is 6. The molecule has 0 saturated carbocycles. The Kier molecular flexibility index (Phi) is 9.82. The van der Waals surface area contributed by atoms with Gasteiger partial charge in [0.05, 0.1) is 14.7 Å². The minimum Gasteiger partial charge on any atom is -0.225 e. The van der Waals surface area contributed by atoms with Gasteiger partial charge in [-0.1, -0.05) is 26.8 Å². The maximum absolute atomic E-state index is 14.4. The number of nitrogens with one attached hydrogen (secondary N) is 1. The van der Waals surface area contributed by atoms with Crippen molar-refractivity contribution >= 4 is 30.1 Å². The molecule has 0 radical (unpaired) electrons. The standard InChI is InChI=1S/C30H41N3O6S3/c1-10-21-13-18(4)28(26-19(5)14-24(40(31,34)35)16-22(26)11-2)30(42(38,39)33(8)9)29(21)27-20(6)15-25(17-23(27)12-3)41(36,37)32-7/h13-17,32H,10-12H2,1-9H3,(H2,31,34,35). The number of hydrogen-bond donors (Lipinski definition) is 2. The third-order valence-corrected chi connectivity index (χ3v) is 11.8. The highest BCUT2D eigenvalue weighted by Crippen LogP contribution is 2.46. The van der Waals surface area contributed by atoms with Crippen molar-refractivity contribution in [1.29, 1.82) is 0 Å². The Balaban J connectivity index is 2.71. The van der Waals surface area contributed by atoms with Crippen LogP contribution in [-0.4, -0.2) is 50.7 Å². The minimum absolute atomic E-state index is 0.0360. The van der Waals surface area contributed by atoms with Gasteiger partial charge in [-0.2, -0.15) is 0 Å². The first-order valence-electron chi connectivity index (χ1n) is 13.7. The van der Waals surface area contributed by atoms with Crippen LogP contribution >= 0.6 is 0 Å².